The van der Waals surface area contributed by atoms with Crippen LogP contribution in [0.4, 0.5) is 11.5 Å². The van der Waals surface area contributed by atoms with Gasteiger partial charge in [-0.2, -0.15) is 0 Å². The molecule has 0 aliphatic carbocycles. The van der Waals surface area contributed by atoms with Gasteiger partial charge in [0.15, 0.2) is 0 Å². The number of nitrogens with zero attached hydrogens (tertiary/aromatic N) is 2. The molecule has 3 rings (SSSR count). The van der Waals surface area contributed by atoms with Crippen molar-refractivity contribution in [2.45, 2.75) is 5.37 Å². The van der Waals surface area contributed by atoms with E-state index in [2.05, 4.69) is 4.98 Å². The van der Waals surface area contributed by atoms with E-state index in [1.54, 1.807) is 12.1 Å². The van der Waals surface area contributed by atoms with Crippen LogP contribution in [0, 0.1) is 10.1 Å². The van der Waals surface area contributed by atoms with Crippen molar-refractivity contribution in [3.05, 3.63) is 66.8 Å². The first-order valence-corrected chi connectivity index (χ1v) is 7.52. The van der Waals surface area contributed by atoms with Crippen LogP contribution in [0.5, 0.6) is 0 Å². The van der Waals surface area contributed by atoms with Crippen LogP contribution in [-0.2, 0) is 4.79 Å². The molecule has 0 saturated carbocycles. The van der Waals surface area contributed by atoms with Crippen molar-refractivity contribution >= 4 is 29.2 Å². The Labute approximate surface area is 132 Å². The molecular weight excluding hydrogens is 324 g/mol. The Morgan fingerprint density at radius 1 is 1.17 bits per heavy atom. The average Bonchev–Trinajstić information content (AvgIpc) is 2.88. The molecule has 118 valence electrons. The van der Waals surface area contributed by atoms with Gasteiger partial charge in [0.1, 0.15) is 11.2 Å². The minimum Gasteiger partial charge on any atom is -0.293 e. The molecule has 2 aromatic rings. The second-order valence-electron chi connectivity index (χ2n) is 4.75. The summed E-state index contributed by atoms with van der Waals surface area (Å²) < 4.78 is 0. The maximum atomic E-state index is 12.1. The number of non-ortho nitro benzene ring substituents is 1. The van der Waals surface area contributed by atoms with Crippen molar-refractivity contribution in [2.75, 3.05) is 10.7 Å². The number of hydrogen-bond donors (Lipinski definition) is 2. The van der Waals surface area contributed by atoms with Gasteiger partial charge in [0.05, 0.1) is 10.7 Å². The van der Waals surface area contributed by atoms with Gasteiger partial charge in [0.2, 0.25) is 5.91 Å². The van der Waals surface area contributed by atoms with Crippen LogP contribution < -0.4 is 16.1 Å². The SMILES string of the molecule is O=C1CSC(c2ccc([N+](=O)[O-])cc2)N1c1cc(=O)[nH]c(=O)[nH]1. The molecule has 1 aliphatic heterocycles. The number of nitro benzene ring substituents is 1. The second kappa shape index (κ2) is 5.72. The Bertz CT molecular complexity index is 860. The number of rotatable bonds is 3. The predicted molar refractivity (Wildman–Crippen MR) is 83.5 cm³/mol. The zero-order chi connectivity index (χ0) is 16.6. The Morgan fingerprint density at radius 2 is 1.87 bits per heavy atom. The van der Waals surface area contributed by atoms with E-state index in [0.717, 1.165) is 6.07 Å². The van der Waals surface area contributed by atoms with Crippen molar-refractivity contribution in [1.82, 2.24) is 9.97 Å². The third-order valence-corrected chi connectivity index (χ3v) is 4.47. The highest BCUT2D eigenvalue weighted by Crippen LogP contribution is 2.40. The number of nitrogens with one attached hydrogen (secondary N) is 2. The summed E-state index contributed by atoms with van der Waals surface area (Å²) in [5.74, 6) is 0.00735. The largest absolute Gasteiger partial charge is 0.327 e. The first-order chi connectivity index (χ1) is 11.0. The van der Waals surface area contributed by atoms with E-state index in [9.17, 15) is 24.5 Å². The Hall–Kier alpha value is -2.88. The molecule has 23 heavy (non-hydrogen) atoms. The van der Waals surface area contributed by atoms with Crippen molar-refractivity contribution in [3.8, 4) is 0 Å². The monoisotopic (exact) mass is 334 g/mol. The van der Waals surface area contributed by atoms with Gasteiger partial charge in [0.25, 0.3) is 11.2 Å². The van der Waals surface area contributed by atoms with Gasteiger partial charge < -0.3 is 0 Å². The second-order valence-corrected chi connectivity index (χ2v) is 5.82. The number of hydrogen-bond acceptors (Lipinski definition) is 6. The van der Waals surface area contributed by atoms with Crippen LogP contribution in [0.25, 0.3) is 0 Å². The molecule has 1 atom stereocenters. The van der Waals surface area contributed by atoms with Crippen LogP contribution in [0.1, 0.15) is 10.9 Å². The van der Waals surface area contributed by atoms with Gasteiger partial charge >= 0.3 is 5.69 Å². The highest BCUT2D eigenvalue weighted by Gasteiger charge is 2.35. The fourth-order valence-electron chi connectivity index (χ4n) is 2.28. The molecule has 2 heterocycles. The van der Waals surface area contributed by atoms with Crippen LogP contribution in [0.2, 0.25) is 0 Å². The number of amides is 1. The third-order valence-electron chi connectivity index (χ3n) is 3.26. The lowest BCUT2D eigenvalue weighted by Crippen LogP contribution is -2.33. The molecule has 1 aliphatic rings. The molecule has 1 aromatic heterocycles. The maximum absolute atomic E-state index is 12.1. The van der Waals surface area contributed by atoms with Gasteiger partial charge in [0, 0.05) is 18.2 Å². The van der Waals surface area contributed by atoms with Crippen molar-refractivity contribution in [3.63, 3.8) is 0 Å². The van der Waals surface area contributed by atoms with Gasteiger partial charge in [-0.15, -0.1) is 11.8 Å². The molecule has 0 spiro atoms. The normalized spacial score (nSPS) is 17.5. The van der Waals surface area contributed by atoms with E-state index in [1.807, 2.05) is 4.98 Å². The molecule has 1 unspecified atom stereocenters. The molecule has 0 radical (unpaired) electrons. The first kappa shape index (κ1) is 15.0. The molecule has 9 nitrogen and oxygen atoms in total. The smallest absolute Gasteiger partial charge is 0.293 e. The number of benzene rings is 1. The first-order valence-electron chi connectivity index (χ1n) is 6.47. The average molecular weight is 334 g/mol. The van der Waals surface area contributed by atoms with E-state index in [1.165, 1.54) is 28.8 Å². The number of aromatic nitrogens is 2. The van der Waals surface area contributed by atoms with E-state index in [-0.39, 0.29) is 23.2 Å². The third kappa shape index (κ3) is 2.88. The fraction of sp³-hybridized carbons (Fsp3) is 0.154. The minimum atomic E-state index is -0.709. The standard InChI is InChI=1S/C13H10N4O5S/c18-10-5-9(14-13(20)15-10)16-11(19)6-23-12(16)7-1-3-8(4-2-7)17(21)22/h1-5,12H,6H2,(H2,14,15,18,20). The van der Waals surface area contributed by atoms with Crippen molar-refractivity contribution in [1.29, 1.82) is 0 Å². The number of thioether (sulfide) groups is 1. The van der Waals surface area contributed by atoms with E-state index < -0.39 is 21.5 Å². The minimum absolute atomic E-state index is 0.0563. The summed E-state index contributed by atoms with van der Waals surface area (Å²) in [7, 11) is 0. The number of nitro groups is 1. The summed E-state index contributed by atoms with van der Waals surface area (Å²) in [6.07, 6.45) is 0. The molecule has 1 fully saturated rings. The lowest BCUT2D eigenvalue weighted by Gasteiger charge is -2.23. The Morgan fingerprint density at radius 3 is 2.48 bits per heavy atom. The van der Waals surface area contributed by atoms with Gasteiger partial charge in [-0.1, -0.05) is 0 Å². The summed E-state index contributed by atoms with van der Waals surface area (Å²) in [5, 5.41) is 10.2. The summed E-state index contributed by atoms with van der Waals surface area (Å²) in [4.78, 5) is 50.9. The number of anilines is 1. The number of H-pyrrole nitrogens is 2. The summed E-state index contributed by atoms with van der Waals surface area (Å²) in [5.41, 5.74) is -0.720. The molecule has 10 heteroatoms. The van der Waals surface area contributed by atoms with Gasteiger partial charge in [-0.3, -0.25) is 34.6 Å². The Balaban J connectivity index is 2.01. The lowest BCUT2D eigenvalue weighted by molar-refractivity contribution is -0.384. The van der Waals surface area contributed by atoms with Crippen molar-refractivity contribution in [2.24, 2.45) is 0 Å². The molecule has 0 bridgehead atoms. The topological polar surface area (TPSA) is 129 Å². The lowest BCUT2D eigenvalue weighted by atomic mass is 10.2. The van der Waals surface area contributed by atoms with E-state index in [4.69, 9.17) is 0 Å². The molecule has 2 N–H and O–H groups in total. The zero-order valence-electron chi connectivity index (χ0n) is 11.5. The number of carbonyl (C=O) groups excluding carboxylic acids is 1. The van der Waals surface area contributed by atoms with E-state index >= 15 is 0 Å². The zero-order valence-corrected chi connectivity index (χ0v) is 12.3. The van der Waals surface area contributed by atoms with Crippen LogP contribution in [0.3, 0.4) is 0 Å². The molecule has 1 aromatic carbocycles. The summed E-state index contributed by atoms with van der Waals surface area (Å²) >= 11 is 1.30. The molecular formula is C13H10N4O5S. The fourth-order valence-corrected chi connectivity index (χ4v) is 3.45. The predicted octanol–water partition coefficient (Wildman–Crippen LogP) is 0.750. The van der Waals surface area contributed by atoms with Crippen LogP contribution in [0.15, 0.2) is 39.9 Å². The van der Waals surface area contributed by atoms with Gasteiger partial charge in [-0.25, -0.2) is 4.79 Å². The molecule has 1 amide bonds. The van der Waals surface area contributed by atoms with Gasteiger partial charge in [-0.05, 0) is 17.7 Å². The Kier molecular flexibility index (Phi) is 3.74. The highest BCUT2D eigenvalue weighted by atomic mass is 32.2. The quantitative estimate of drug-likeness (QED) is 0.629. The number of aromatic amines is 2. The van der Waals surface area contributed by atoms with Crippen LogP contribution >= 0.6 is 11.8 Å². The molecule has 1 saturated heterocycles. The van der Waals surface area contributed by atoms with E-state index in [0.29, 0.717) is 5.56 Å². The summed E-state index contributed by atoms with van der Waals surface area (Å²) in [6, 6.07) is 6.91. The van der Waals surface area contributed by atoms with Crippen LogP contribution in [-0.4, -0.2) is 26.6 Å². The summed E-state index contributed by atoms with van der Waals surface area (Å²) in [6.45, 7) is 0. The maximum Gasteiger partial charge on any atom is 0.327 e. The van der Waals surface area contributed by atoms with Crippen molar-refractivity contribution < 1.29 is 9.72 Å². The highest BCUT2D eigenvalue weighted by molar-refractivity contribution is 8.00. The number of carbonyl (C=O) groups is 1.